The highest BCUT2D eigenvalue weighted by Crippen LogP contribution is 2.28. The van der Waals surface area contributed by atoms with Crippen LogP contribution in [0.1, 0.15) is 51.1 Å². The van der Waals surface area contributed by atoms with Gasteiger partial charge in [-0.2, -0.15) is 12.6 Å². The van der Waals surface area contributed by atoms with Crippen molar-refractivity contribution in [1.82, 2.24) is 14.4 Å². The average Bonchev–Trinajstić information content (AvgIpc) is 3.49. The normalized spacial score (nSPS) is 21.7. The van der Waals surface area contributed by atoms with Crippen molar-refractivity contribution in [2.75, 3.05) is 18.8 Å². The van der Waals surface area contributed by atoms with Crippen LogP contribution < -0.4 is 0 Å². The van der Waals surface area contributed by atoms with Crippen LogP contribution in [0.2, 0.25) is 0 Å². The first-order chi connectivity index (χ1) is 14.6. The van der Waals surface area contributed by atoms with Crippen LogP contribution in [0.3, 0.4) is 0 Å². The fourth-order valence-electron chi connectivity index (χ4n) is 5.34. The highest BCUT2D eigenvalue weighted by atomic mass is 32.1. The summed E-state index contributed by atoms with van der Waals surface area (Å²) in [5.74, 6) is 0.774. The number of aromatic nitrogens is 1. The second kappa shape index (κ2) is 9.46. The largest absolute Gasteiger partial charge is 0.345 e. The van der Waals surface area contributed by atoms with Gasteiger partial charge in [0, 0.05) is 43.3 Å². The van der Waals surface area contributed by atoms with E-state index in [9.17, 15) is 9.59 Å². The third kappa shape index (κ3) is 4.11. The van der Waals surface area contributed by atoms with Crippen LogP contribution in [0.15, 0.2) is 30.3 Å². The summed E-state index contributed by atoms with van der Waals surface area (Å²) in [6, 6.07) is 10.9. The van der Waals surface area contributed by atoms with Gasteiger partial charge in [0.1, 0.15) is 6.04 Å². The Morgan fingerprint density at radius 2 is 1.87 bits per heavy atom. The smallest absolute Gasteiger partial charge is 0.245 e. The number of likely N-dealkylation sites (tertiary alicyclic amines) is 2. The molecule has 1 aromatic heterocycles. The number of amides is 2. The zero-order valence-electron chi connectivity index (χ0n) is 17.9. The summed E-state index contributed by atoms with van der Waals surface area (Å²) in [6.45, 7) is 4.68. The lowest BCUT2D eigenvalue weighted by molar-refractivity contribution is -0.144. The zero-order valence-corrected chi connectivity index (χ0v) is 18.8. The summed E-state index contributed by atoms with van der Waals surface area (Å²) in [6.07, 6.45) is 6.22. The Labute approximate surface area is 184 Å². The molecule has 0 spiro atoms. The molecule has 0 N–H and O–H groups in total. The van der Waals surface area contributed by atoms with E-state index in [0.29, 0.717) is 18.7 Å². The number of benzene rings is 1. The molecule has 2 atom stereocenters. The molecule has 0 unspecified atom stereocenters. The minimum Gasteiger partial charge on any atom is -0.345 e. The molecular weight excluding hydrogens is 394 g/mol. The van der Waals surface area contributed by atoms with E-state index in [1.165, 1.54) is 16.6 Å². The molecule has 6 heteroatoms. The first-order valence-corrected chi connectivity index (χ1v) is 12.0. The molecule has 1 aromatic carbocycles. The van der Waals surface area contributed by atoms with Crippen LogP contribution in [0, 0.1) is 0 Å². The van der Waals surface area contributed by atoms with Gasteiger partial charge >= 0.3 is 0 Å². The Balaban J connectivity index is 1.44. The van der Waals surface area contributed by atoms with Crippen LogP contribution in [-0.2, 0) is 22.6 Å². The van der Waals surface area contributed by atoms with Crippen molar-refractivity contribution < 1.29 is 9.59 Å². The first kappa shape index (κ1) is 21.3. The number of rotatable bonds is 7. The van der Waals surface area contributed by atoms with Gasteiger partial charge in [-0.3, -0.25) is 9.59 Å². The Morgan fingerprint density at radius 1 is 1.10 bits per heavy atom. The standard InChI is InChI=1S/C24H33N3O2S/c1-2-25-20(17-18-7-3-4-9-21(18)25)12-11-19-8-5-14-26(19)24(29)22-10-6-15-27(22)23(28)13-16-30/h3-4,7,9,17,19,22,30H,2,5-6,8,10-16H2,1H3/t19-,22+/m0/s1. The summed E-state index contributed by atoms with van der Waals surface area (Å²) in [5.41, 5.74) is 2.64. The molecular formula is C24H33N3O2S. The van der Waals surface area contributed by atoms with E-state index >= 15 is 0 Å². The van der Waals surface area contributed by atoms with Crippen molar-refractivity contribution in [1.29, 1.82) is 0 Å². The maximum absolute atomic E-state index is 13.4. The summed E-state index contributed by atoms with van der Waals surface area (Å²) in [5, 5.41) is 1.29. The number of aryl methyl sites for hydroxylation is 2. The van der Waals surface area contributed by atoms with Crippen LogP contribution in [-0.4, -0.2) is 57.1 Å². The molecule has 30 heavy (non-hydrogen) atoms. The summed E-state index contributed by atoms with van der Waals surface area (Å²) in [7, 11) is 0. The summed E-state index contributed by atoms with van der Waals surface area (Å²) < 4.78 is 2.39. The molecule has 3 heterocycles. The number of thiol groups is 1. The van der Waals surface area contributed by atoms with Crippen molar-refractivity contribution in [3.63, 3.8) is 0 Å². The van der Waals surface area contributed by atoms with Crippen LogP contribution >= 0.6 is 12.6 Å². The molecule has 2 aliphatic rings. The summed E-state index contributed by atoms with van der Waals surface area (Å²) >= 11 is 4.19. The molecule has 4 rings (SSSR count). The van der Waals surface area contributed by atoms with Crippen molar-refractivity contribution in [3.05, 3.63) is 36.0 Å². The van der Waals surface area contributed by atoms with Gasteiger partial charge in [0.2, 0.25) is 11.8 Å². The maximum atomic E-state index is 13.4. The minimum atomic E-state index is -0.264. The van der Waals surface area contributed by atoms with Gasteiger partial charge in [-0.25, -0.2) is 0 Å². The van der Waals surface area contributed by atoms with E-state index in [4.69, 9.17) is 0 Å². The van der Waals surface area contributed by atoms with Crippen molar-refractivity contribution in [2.24, 2.45) is 0 Å². The van der Waals surface area contributed by atoms with Gasteiger partial charge in [-0.15, -0.1) is 0 Å². The minimum absolute atomic E-state index is 0.0732. The Morgan fingerprint density at radius 3 is 2.67 bits per heavy atom. The lowest BCUT2D eigenvalue weighted by Gasteiger charge is -2.31. The van der Waals surface area contributed by atoms with Gasteiger partial charge in [-0.1, -0.05) is 18.2 Å². The van der Waals surface area contributed by atoms with E-state index in [1.54, 1.807) is 0 Å². The topological polar surface area (TPSA) is 45.6 Å². The lowest BCUT2D eigenvalue weighted by atomic mass is 10.1. The number of carbonyl (C=O) groups excluding carboxylic acids is 2. The predicted molar refractivity (Wildman–Crippen MR) is 124 cm³/mol. The van der Waals surface area contributed by atoms with E-state index in [1.807, 2.05) is 4.90 Å². The Bertz CT molecular complexity index is 909. The van der Waals surface area contributed by atoms with E-state index in [-0.39, 0.29) is 23.9 Å². The highest BCUT2D eigenvalue weighted by molar-refractivity contribution is 7.80. The fraction of sp³-hybridized carbons (Fsp3) is 0.583. The molecule has 2 fully saturated rings. The second-order valence-corrected chi connectivity index (χ2v) is 8.97. The molecule has 2 amide bonds. The first-order valence-electron chi connectivity index (χ1n) is 11.4. The summed E-state index contributed by atoms with van der Waals surface area (Å²) in [4.78, 5) is 29.7. The average molecular weight is 428 g/mol. The number of hydrogen-bond acceptors (Lipinski definition) is 3. The van der Waals surface area contributed by atoms with Gasteiger partial charge in [0.25, 0.3) is 0 Å². The fourth-order valence-corrected chi connectivity index (χ4v) is 5.53. The maximum Gasteiger partial charge on any atom is 0.245 e. The Kier molecular flexibility index (Phi) is 6.71. The molecule has 0 aliphatic carbocycles. The predicted octanol–water partition coefficient (Wildman–Crippen LogP) is 3.90. The third-order valence-electron chi connectivity index (χ3n) is 6.79. The van der Waals surface area contributed by atoms with Crippen LogP contribution in [0.5, 0.6) is 0 Å². The second-order valence-electron chi connectivity index (χ2n) is 8.52. The van der Waals surface area contributed by atoms with Crippen molar-refractivity contribution in [2.45, 2.75) is 70.5 Å². The molecule has 0 saturated carbocycles. The van der Waals surface area contributed by atoms with Crippen molar-refractivity contribution in [3.8, 4) is 0 Å². The molecule has 2 aromatic rings. The van der Waals surface area contributed by atoms with Gasteiger partial charge < -0.3 is 14.4 Å². The van der Waals surface area contributed by atoms with Gasteiger partial charge in [-0.05, 0) is 68.7 Å². The van der Waals surface area contributed by atoms with Gasteiger partial charge in [0.15, 0.2) is 0 Å². The monoisotopic (exact) mass is 427 g/mol. The highest BCUT2D eigenvalue weighted by Gasteiger charge is 2.39. The molecule has 0 bridgehead atoms. The van der Waals surface area contributed by atoms with Crippen LogP contribution in [0.25, 0.3) is 10.9 Å². The van der Waals surface area contributed by atoms with Crippen LogP contribution in [0.4, 0.5) is 0 Å². The zero-order chi connectivity index (χ0) is 21.1. The number of fused-ring (bicyclic) bond motifs is 1. The number of hydrogen-bond donors (Lipinski definition) is 1. The van der Waals surface area contributed by atoms with Crippen molar-refractivity contribution >= 4 is 35.3 Å². The molecule has 5 nitrogen and oxygen atoms in total. The molecule has 162 valence electrons. The third-order valence-corrected chi connectivity index (χ3v) is 7.01. The molecule has 2 saturated heterocycles. The van der Waals surface area contributed by atoms with E-state index in [2.05, 4.69) is 59.4 Å². The number of nitrogens with zero attached hydrogens (tertiary/aromatic N) is 3. The van der Waals surface area contributed by atoms with E-state index < -0.39 is 0 Å². The molecule has 2 aliphatic heterocycles. The lowest BCUT2D eigenvalue weighted by Crippen LogP contribution is -2.49. The number of carbonyl (C=O) groups is 2. The van der Waals surface area contributed by atoms with Gasteiger partial charge in [0.05, 0.1) is 0 Å². The van der Waals surface area contributed by atoms with E-state index in [0.717, 1.165) is 51.6 Å². The quantitative estimate of drug-likeness (QED) is 0.682. The molecule has 0 radical (unpaired) electrons. The SMILES string of the molecule is CCn1c(CC[C@@H]2CCCN2C(=O)[C@H]2CCCN2C(=O)CCS)cc2ccccc21. The number of para-hydroxylation sites is 1. The Hall–Kier alpha value is -1.95.